The van der Waals surface area contributed by atoms with Gasteiger partial charge < -0.3 is 9.84 Å². The normalized spacial score (nSPS) is 51.9. The summed E-state index contributed by atoms with van der Waals surface area (Å²) >= 11 is 2.22. The first-order chi connectivity index (χ1) is 4.13. The van der Waals surface area contributed by atoms with E-state index in [0.717, 1.165) is 0 Å². The van der Waals surface area contributed by atoms with Crippen molar-refractivity contribution < 1.29 is 9.84 Å². The number of hydrogen-bond acceptors (Lipinski definition) is 2. The van der Waals surface area contributed by atoms with Crippen LogP contribution in [0.15, 0.2) is 0 Å². The maximum absolute atomic E-state index is 9.30. The minimum atomic E-state index is -0.277. The van der Waals surface area contributed by atoms with Crippen molar-refractivity contribution in [3.63, 3.8) is 0 Å². The molecule has 1 fully saturated rings. The molecule has 0 aromatic carbocycles. The summed E-state index contributed by atoms with van der Waals surface area (Å²) in [7, 11) is 1.99. The summed E-state index contributed by atoms with van der Waals surface area (Å²) in [6, 6.07) is 0.204. The fraction of sp³-hybridized carbons (Fsp3) is 1.00. The van der Waals surface area contributed by atoms with E-state index in [9.17, 15) is 5.11 Å². The third kappa shape index (κ3) is 1.41. The van der Waals surface area contributed by atoms with E-state index in [-0.39, 0.29) is 22.1 Å². The van der Waals surface area contributed by atoms with E-state index in [1.807, 2.05) is 14.8 Å². The lowest BCUT2D eigenvalue weighted by molar-refractivity contribution is 0.0458. The highest BCUT2D eigenvalue weighted by Gasteiger charge is 2.36. The maximum atomic E-state index is 9.30. The summed E-state index contributed by atoms with van der Waals surface area (Å²) in [6.07, 6.45) is -0.262. The van der Waals surface area contributed by atoms with Gasteiger partial charge in [-0.05, 0) is 6.92 Å². The summed E-state index contributed by atoms with van der Waals surface area (Å²) in [5.74, 6) is 0. The Balaban J connectivity index is 2.54. The van der Waals surface area contributed by atoms with Gasteiger partial charge in [0.15, 0.2) is 0 Å². The molecule has 9 heavy (non-hydrogen) atoms. The van der Waals surface area contributed by atoms with Gasteiger partial charge in [-0.25, -0.2) is 0 Å². The van der Waals surface area contributed by atoms with Crippen molar-refractivity contribution in [3.8, 4) is 0 Å². The SMILES string of the molecule is B[C@@H]1OC(C)[C@@H](O)[C@H]1I. The molecule has 0 aromatic heterocycles. The molecule has 1 rings (SSSR count). The zero-order valence-electron chi connectivity index (χ0n) is 5.54. The van der Waals surface area contributed by atoms with Crippen LogP contribution in [0.5, 0.6) is 0 Å². The predicted octanol–water partition coefficient (Wildman–Crippen LogP) is -0.471. The summed E-state index contributed by atoms with van der Waals surface area (Å²) in [5.41, 5.74) is 0. The van der Waals surface area contributed by atoms with Crippen LogP contribution >= 0.6 is 22.6 Å². The highest BCUT2D eigenvalue weighted by atomic mass is 127. The molecule has 52 valence electrons. The standard InChI is InChI=1S/C5H10BIO2/c1-2-4(8)3(7)5(6)9-2/h2-5,8H,6H2,1H3/t2?,3-,4-,5-/m1/s1. The van der Waals surface area contributed by atoms with Crippen LogP contribution in [0.2, 0.25) is 0 Å². The molecule has 0 aromatic rings. The molecule has 1 aliphatic heterocycles. The lowest BCUT2D eigenvalue weighted by Crippen LogP contribution is -2.26. The molecular weight excluding hydrogens is 230 g/mol. The third-order valence-electron chi connectivity index (χ3n) is 1.68. The fourth-order valence-corrected chi connectivity index (χ4v) is 1.78. The Bertz CT molecular complexity index is 99.1. The molecule has 1 unspecified atom stereocenters. The largest absolute Gasteiger partial charge is 0.389 e. The number of hydrogen-bond donors (Lipinski definition) is 1. The molecule has 0 saturated carbocycles. The quantitative estimate of drug-likeness (QED) is 0.352. The van der Waals surface area contributed by atoms with Crippen molar-refractivity contribution in [3.05, 3.63) is 0 Å². The van der Waals surface area contributed by atoms with Crippen LogP contribution < -0.4 is 0 Å². The molecule has 4 heteroatoms. The van der Waals surface area contributed by atoms with Gasteiger partial charge in [0.1, 0.15) is 7.85 Å². The van der Waals surface area contributed by atoms with Gasteiger partial charge in [0.2, 0.25) is 0 Å². The van der Waals surface area contributed by atoms with Gasteiger partial charge in [0.05, 0.1) is 16.1 Å². The second-order valence-electron chi connectivity index (χ2n) is 2.48. The van der Waals surface area contributed by atoms with E-state index in [0.29, 0.717) is 0 Å². The van der Waals surface area contributed by atoms with Crippen LogP contribution in [0.25, 0.3) is 0 Å². The molecule has 0 amide bonds. The molecule has 1 saturated heterocycles. The topological polar surface area (TPSA) is 29.5 Å². The van der Waals surface area contributed by atoms with Gasteiger partial charge in [0.25, 0.3) is 0 Å². The van der Waals surface area contributed by atoms with E-state index in [1.54, 1.807) is 0 Å². The number of halogens is 1. The Morgan fingerprint density at radius 3 is 2.33 bits per heavy atom. The first-order valence-corrected chi connectivity index (χ1v) is 4.35. The van der Waals surface area contributed by atoms with Crippen LogP contribution in [0.3, 0.4) is 0 Å². The van der Waals surface area contributed by atoms with Gasteiger partial charge in [-0.15, -0.1) is 0 Å². The number of alkyl halides is 1. The van der Waals surface area contributed by atoms with Gasteiger partial charge >= 0.3 is 0 Å². The van der Waals surface area contributed by atoms with E-state index in [4.69, 9.17) is 4.74 Å². The summed E-state index contributed by atoms with van der Waals surface area (Å²) < 4.78 is 5.59. The maximum Gasteiger partial charge on any atom is 0.140 e. The first-order valence-electron chi connectivity index (χ1n) is 3.10. The highest BCUT2D eigenvalue weighted by Crippen LogP contribution is 2.25. The zero-order valence-corrected chi connectivity index (χ0v) is 7.70. The lowest BCUT2D eigenvalue weighted by atomic mass is 9.96. The molecule has 0 radical (unpaired) electrons. The molecule has 1 N–H and O–H groups in total. The van der Waals surface area contributed by atoms with Crippen molar-refractivity contribution >= 4 is 30.4 Å². The third-order valence-corrected chi connectivity index (χ3v) is 3.43. The van der Waals surface area contributed by atoms with E-state index in [2.05, 4.69) is 22.6 Å². The second kappa shape index (κ2) is 2.76. The minimum Gasteiger partial charge on any atom is -0.389 e. The van der Waals surface area contributed by atoms with Crippen molar-refractivity contribution in [1.82, 2.24) is 0 Å². The molecule has 0 spiro atoms. The van der Waals surface area contributed by atoms with E-state index >= 15 is 0 Å². The van der Waals surface area contributed by atoms with Crippen molar-refractivity contribution in [2.24, 2.45) is 0 Å². The molecule has 4 atom stereocenters. The summed E-state index contributed by atoms with van der Waals surface area (Å²) in [4.78, 5) is 0. The van der Waals surface area contributed by atoms with Crippen LogP contribution in [0.1, 0.15) is 6.92 Å². The first kappa shape index (κ1) is 7.82. The van der Waals surface area contributed by atoms with Crippen LogP contribution in [-0.4, -0.2) is 35.1 Å². The van der Waals surface area contributed by atoms with Gasteiger partial charge in [-0.3, -0.25) is 0 Å². The number of ether oxygens (including phenoxy) is 1. The number of rotatable bonds is 0. The second-order valence-corrected chi connectivity index (χ2v) is 3.92. The van der Waals surface area contributed by atoms with Gasteiger partial charge in [0, 0.05) is 6.00 Å². The Labute approximate surface area is 69.5 Å². The Morgan fingerprint density at radius 1 is 1.67 bits per heavy atom. The molecule has 1 heterocycles. The number of aliphatic hydroxyl groups excluding tert-OH is 1. The van der Waals surface area contributed by atoms with Crippen LogP contribution in [-0.2, 0) is 4.74 Å². The number of aliphatic hydroxyl groups is 1. The highest BCUT2D eigenvalue weighted by molar-refractivity contribution is 14.1. The summed E-state index contributed by atoms with van der Waals surface area (Å²) in [6.45, 7) is 1.90. The molecule has 0 bridgehead atoms. The Morgan fingerprint density at radius 2 is 2.22 bits per heavy atom. The molecule has 0 aliphatic carbocycles. The Hall–Kier alpha value is 0.715. The summed E-state index contributed by atoms with van der Waals surface area (Å²) in [5, 5.41) is 9.30. The van der Waals surface area contributed by atoms with E-state index < -0.39 is 0 Å². The van der Waals surface area contributed by atoms with E-state index in [1.165, 1.54) is 0 Å². The minimum absolute atomic E-state index is 0.0156. The predicted molar refractivity (Wildman–Crippen MR) is 46.7 cm³/mol. The van der Waals surface area contributed by atoms with Crippen LogP contribution in [0.4, 0.5) is 0 Å². The lowest BCUT2D eigenvalue weighted by Gasteiger charge is -2.07. The van der Waals surface area contributed by atoms with Crippen molar-refractivity contribution in [2.45, 2.75) is 29.1 Å². The van der Waals surface area contributed by atoms with Crippen molar-refractivity contribution in [2.75, 3.05) is 0 Å². The molecule has 1 aliphatic rings. The Kier molecular flexibility index (Phi) is 2.40. The molecular formula is C5H10BIO2. The smallest absolute Gasteiger partial charge is 0.140 e. The zero-order chi connectivity index (χ0) is 7.02. The average Bonchev–Trinajstić information content (AvgIpc) is 1.98. The average molecular weight is 240 g/mol. The monoisotopic (exact) mass is 240 g/mol. The van der Waals surface area contributed by atoms with Crippen LogP contribution in [0, 0.1) is 0 Å². The fourth-order valence-electron chi connectivity index (χ4n) is 1.03. The van der Waals surface area contributed by atoms with Gasteiger partial charge in [-0.2, -0.15) is 0 Å². The molecule has 2 nitrogen and oxygen atoms in total. The van der Waals surface area contributed by atoms with Crippen molar-refractivity contribution in [1.29, 1.82) is 0 Å². The van der Waals surface area contributed by atoms with Gasteiger partial charge in [-0.1, -0.05) is 22.6 Å².